The minimum Gasteiger partial charge on any atom is -0.353 e. The van der Waals surface area contributed by atoms with Crippen LogP contribution in [0.4, 0.5) is 11.5 Å². The molecule has 1 aliphatic heterocycles. The van der Waals surface area contributed by atoms with Gasteiger partial charge in [0, 0.05) is 48.7 Å². The Morgan fingerprint density at radius 1 is 1.13 bits per heavy atom. The molecule has 0 bridgehead atoms. The van der Waals surface area contributed by atoms with Crippen molar-refractivity contribution in [2.45, 2.75) is 6.42 Å². The van der Waals surface area contributed by atoms with Crippen molar-refractivity contribution in [2.24, 2.45) is 0 Å². The van der Waals surface area contributed by atoms with E-state index in [-0.39, 0.29) is 11.6 Å². The lowest BCUT2D eigenvalue weighted by molar-refractivity contribution is -0.384. The number of benzene rings is 2. The summed E-state index contributed by atoms with van der Waals surface area (Å²) in [6.07, 6.45) is 0.322. The highest BCUT2D eigenvalue weighted by atomic mass is 35.5. The minimum atomic E-state index is -0.491. The van der Waals surface area contributed by atoms with Gasteiger partial charge in [0.2, 0.25) is 5.91 Å². The number of aromatic nitrogens is 1. The number of non-ortho nitro benzene ring substituents is 1. The first kappa shape index (κ1) is 20.6. The fourth-order valence-electron chi connectivity index (χ4n) is 3.64. The van der Waals surface area contributed by atoms with Gasteiger partial charge in [0.1, 0.15) is 5.82 Å². The molecule has 156 valence electrons. The normalized spacial score (nSPS) is 13.8. The number of fused-ring (bicyclic) bond motifs is 1. The number of anilines is 1. The van der Waals surface area contributed by atoms with Crippen LogP contribution in [0.15, 0.2) is 48.5 Å². The van der Waals surface area contributed by atoms with Crippen LogP contribution >= 0.6 is 11.6 Å². The van der Waals surface area contributed by atoms with Crippen LogP contribution in [-0.4, -0.2) is 46.9 Å². The van der Waals surface area contributed by atoms with E-state index in [4.69, 9.17) is 11.6 Å². The number of nitrogens with zero attached hydrogens (tertiary/aromatic N) is 5. The van der Waals surface area contributed by atoms with Crippen LogP contribution in [0.25, 0.3) is 10.9 Å². The third kappa shape index (κ3) is 4.42. The molecule has 9 heteroatoms. The van der Waals surface area contributed by atoms with E-state index < -0.39 is 4.92 Å². The average Bonchev–Trinajstić information content (AvgIpc) is 2.79. The Labute approximate surface area is 183 Å². The maximum Gasteiger partial charge on any atom is 0.270 e. The molecule has 1 aliphatic rings. The van der Waals surface area contributed by atoms with Crippen LogP contribution in [0.3, 0.4) is 0 Å². The van der Waals surface area contributed by atoms with Crippen molar-refractivity contribution in [3.63, 3.8) is 0 Å². The summed E-state index contributed by atoms with van der Waals surface area (Å²) in [5.41, 5.74) is 1.71. The van der Waals surface area contributed by atoms with E-state index in [9.17, 15) is 20.2 Å². The van der Waals surface area contributed by atoms with E-state index in [0.717, 1.165) is 5.56 Å². The lowest BCUT2D eigenvalue weighted by atomic mass is 10.1. The summed E-state index contributed by atoms with van der Waals surface area (Å²) in [5, 5.41) is 21.7. The van der Waals surface area contributed by atoms with Gasteiger partial charge in [0.15, 0.2) is 0 Å². The summed E-state index contributed by atoms with van der Waals surface area (Å²) >= 11 is 5.89. The fourth-order valence-corrected chi connectivity index (χ4v) is 3.77. The number of hydrogen-bond donors (Lipinski definition) is 0. The molecule has 4 rings (SSSR count). The maximum atomic E-state index is 12.6. The minimum absolute atomic E-state index is 0.0541. The third-order valence-corrected chi connectivity index (χ3v) is 5.59. The molecule has 0 aliphatic carbocycles. The smallest absolute Gasteiger partial charge is 0.270 e. The molecule has 2 aromatic carbocycles. The highest BCUT2D eigenvalue weighted by Gasteiger charge is 2.23. The number of nitriles is 1. The van der Waals surface area contributed by atoms with Gasteiger partial charge >= 0.3 is 0 Å². The van der Waals surface area contributed by atoms with Crippen molar-refractivity contribution >= 4 is 39.9 Å². The molecule has 0 spiro atoms. The summed E-state index contributed by atoms with van der Waals surface area (Å²) in [5.74, 6) is 0.682. The third-order valence-electron chi connectivity index (χ3n) is 5.33. The van der Waals surface area contributed by atoms with Crippen molar-refractivity contribution in [2.75, 3.05) is 31.1 Å². The van der Waals surface area contributed by atoms with Gasteiger partial charge in [-0.25, -0.2) is 4.98 Å². The predicted octanol–water partition coefficient (Wildman–Crippen LogP) is 3.56. The number of hydrogen-bond acceptors (Lipinski definition) is 6. The Kier molecular flexibility index (Phi) is 5.69. The zero-order valence-corrected chi connectivity index (χ0v) is 17.2. The highest BCUT2D eigenvalue weighted by molar-refractivity contribution is 6.30. The number of pyridine rings is 1. The summed E-state index contributed by atoms with van der Waals surface area (Å²) < 4.78 is 0. The molecule has 1 saturated heterocycles. The Bertz CT molecular complexity index is 1200. The van der Waals surface area contributed by atoms with E-state index in [0.29, 0.717) is 59.9 Å². The van der Waals surface area contributed by atoms with Gasteiger partial charge in [-0.2, -0.15) is 5.26 Å². The van der Waals surface area contributed by atoms with Crippen molar-refractivity contribution in [1.82, 2.24) is 9.88 Å². The molecule has 3 aromatic rings. The van der Waals surface area contributed by atoms with E-state index in [2.05, 4.69) is 11.1 Å². The highest BCUT2D eigenvalue weighted by Crippen LogP contribution is 2.27. The lowest BCUT2D eigenvalue weighted by Gasteiger charge is -2.35. The molecule has 31 heavy (non-hydrogen) atoms. The summed E-state index contributed by atoms with van der Waals surface area (Å²) in [6, 6.07) is 15.3. The van der Waals surface area contributed by atoms with Crippen LogP contribution in [0.5, 0.6) is 0 Å². The van der Waals surface area contributed by atoms with Crippen LogP contribution in [0, 0.1) is 21.4 Å². The van der Waals surface area contributed by atoms with Crippen LogP contribution in [-0.2, 0) is 11.2 Å². The average molecular weight is 436 g/mol. The van der Waals surface area contributed by atoms with Crippen molar-refractivity contribution < 1.29 is 9.72 Å². The monoisotopic (exact) mass is 435 g/mol. The molecule has 1 aromatic heterocycles. The quantitative estimate of drug-likeness (QED) is 0.458. The number of carbonyl (C=O) groups is 1. The molecule has 0 radical (unpaired) electrons. The Hall–Kier alpha value is -3.70. The van der Waals surface area contributed by atoms with Crippen LogP contribution in [0.1, 0.15) is 11.1 Å². The molecule has 0 saturated carbocycles. The number of carbonyl (C=O) groups excluding carboxylic acids is 1. The largest absolute Gasteiger partial charge is 0.353 e. The topological polar surface area (TPSA) is 103 Å². The zero-order valence-electron chi connectivity index (χ0n) is 16.5. The second kappa shape index (κ2) is 8.58. The SMILES string of the molecule is N#Cc1cc(N2CCN(C(=O)Cc3ccc(Cl)cc3)CC2)nc2ccc([N+](=O)[O-])cc12. The first-order valence-electron chi connectivity index (χ1n) is 9.71. The molecule has 8 nitrogen and oxygen atoms in total. The lowest BCUT2D eigenvalue weighted by Crippen LogP contribution is -2.49. The van der Waals surface area contributed by atoms with Crippen molar-refractivity contribution in [1.29, 1.82) is 5.26 Å². The standard InChI is InChI=1S/C22H18ClN5O3/c23-17-3-1-15(2-4-17)11-22(29)27-9-7-26(8-10-27)21-12-16(14-24)19-13-18(28(30)31)5-6-20(19)25-21/h1-6,12-13H,7-11H2. The Morgan fingerprint density at radius 3 is 2.48 bits per heavy atom. The number of halogens is 1. The second-order valence-electron chi connectivity index (χ2n) is 7.27. The molecule has 2 heterocycles. The molecular formula is C22H18ClN5O3. The Morgan fingerprint density at radius 2 is 1.84 bits per heavy atom. The molecule has 0 N–H and O–H groups in total. The van der Waals surface area contributed by atoms with Gasteiger partial charge in [-0.3, -0.25) is 14.9 Å². The molecule has 1 fully saturated rings. The van der Waals surface area contributed by atoms with Crippen molar-refractivity contribution in [3.05, 3.63) is 74.8 Å². The summed E-state index contributed by atoms with van der Waals surface area (Å²) in [7, 11) is 0. The molecular weight excluding hydrogens is 418 g/mol. The van der Waals surface area contributed by atoms with E-state index in [1.165, 1.54) is 12.1 Å². The van der Waals surface area contributed by atoms with Crippen LogP contribution in [0.2, 0.25) is 5.02 Å². The van der Waals surface area contributed by atoms with Gasteiger partial charge in [0.05, 0.1) is 28.5 Å². The number of rotatable bonds is 4. The number of nitro groups is 1. The van der Waals surface area contributed by atoms with Gasteiger partial charge < -0.3 is 9.80 Å². The first-order chi connectivity index (χ1) is 14.9. The predicted molar refractivity (Wildman–Crippen MR) is 117 cm³/mol. The van der Waals surface area contributed by atoms with Crippen LogP contribution < -0.4 is 4.90 Å². The van der Waals surface area contributed by atoms with Crippen molar-refractivity contribution in [3.8, 4) is 6.07 Å². The maximum absolute atomic E-state index is 12.6. The van der Waals surface area contributed by atoms with Gasteiger partial charge in [-0.05, 0) is 29.8 Å². The number of amides is 1. The Balaban J connectivity index is 1.47. The van der Waals surface area contributed by atoms with E-state index in [1.807, 2.05) is 21.9 Å². The van der Waals surface area contributed by atoms with Gasteiger partial charge in [-0.1, -0.05) is 23.7 Å². The van der Waals surface area contributed by atoms with Gasteiger partial charge in [-0.15, -0.1) is 0 Å². The van der Waals surface area contributed by atoms with E-state index >= 15 is 0 Å². The number of piperazine rings is 1. The fraction of sp³-hybridized carbons (Fsp3) is 0.227. The summed E-state index contributed by atoms with van der Waals surface area (Å²) in [6.45, 7) is 2.27. The number of nitro benzene ring substituents is 1. The molecule has 1 amide bonds. The molecule has 0 atom stereocenters. The second-order valence-corrected chi connectivity index (χ2v) is 7.71. The first-order valence-corrected chi connectivity index (χ1v) is 10.1. The zero-order chi connectivity index (χ0) is 22.0. The molecule has 0 unspecified atom stereocenters. The van der Waals surface area contributed by atoms with E-state index in [1.54, 1.807) is 24.3 Å². The summed E-state index contributed by atoms with van der Waals surface area (Å²) in [4.78, 5) is 31.6. The van der Waals surface area contributed by atoms with Gasteiger partial charge in [0.25, 0.3) is 5.69 Å².